The summed E-state index contributed by atoms with van der Waals surface area (Å²) in [6, 6.07) is 26.4. The molecule has 8 nitrogen and oxygen atoms in total. The summed E-state index contributed by atoms with van der Waals surface area (Å²) < 4.78 is 18.0. The van der Waals surface area contributed by atoms with Crippen molar-refractivity contribution in [3.8, 4) is 28.7 Å². The van der Waals surface area contributed by atoms with Gasteiger partial charge in [-0.3, -0.25) is 14.2 Å². The number of nitrogens with zero attached hydrogens (tertiary/aromatic N) is 1. The summed E-state index contributed by atoms with van der Waals surface area (Å²) in [5.74, 6) is 2.06. The van der Waals surface area contributed by atoms with Gasteiger partial charge in [-0.1, -0.05) is 18.2 Å². The lowest BCUT2D eigenvalue weighted by atomic mass is 10.1. The number of benzene rings is 4. The molecule has 190 valence electrons. The maximum atomic E-state index is 13.3. The molecule has 0 saturated heterocycles. The molecule has 0 fully saturated rings. The largest absolute Gasteiger partial charge is 0.493 e. The van der Waals surface area contributed by atoms with Crippen molar-refractivity contribution in [2.24, 2.45) is 0 Å². The van der Waals surface area contributed by atoms with Gasteiger partial charge in [-0.15, -0.1) is 0 Å². The highest BCUT2D eigenvalue weighted by atomic mass is 32.1. The zero-order valence-corrected chi connectivity index (χ0v) is 21.4. The Hall–Kier alpha value is -4.89. The summed E-state index contributed by atoms with van der Waals surface area (Å²) in [6.45, 7) is 0. The van der Waals surface area contributed by atoms with E-state index in [4.69, 9.17) is 26.4 Å². The van der Waals surface area contributed by atoms with E-state index >= 15 is 0 Å². The first-order chi connectivity index (χ1) is 18.5. The Morgan fingerprint density at radius 2 is 1.55 bits per heavy atom. The first-order valence-electron chi connectivity index (χ1n) is 11.6. The minimum absolute atomic E-state index is 0.182. The molecule has 0 bridgehead atoms. The van der Waals surface area contributed by atoms with Gasteiger partial charge in [-0.25, -0.2) is 0 Å². The monoisotopic (exact) mass is 525 g/mol. The maximum absolute atomic E-state index is 13.3. The van der Waals surface area contributed by atoms with E-state index in [1.165, 1.54) is 18.8 Å². The number of amides is 1. The van der Waals surface area contributed by atoms with Crippen LogP contribution in [0.3, 0.4) is 0 Å². The molecule has 0 saturated carbocycles. The van der Waals surface area contributed by atoms with Crippen molar-refractivity contribution in [1.82, 2.24) is 9.55 Å². The van der Waals surface area contributed by atoms with Gasteiger partial charge in [0.25, 0.3) is 11.5 Å². The van der Waals surface area contributed by atoms with E-state index in [2.05, 4.69) is 10.3 Å². The highest BCUT2D eigenvalue weighted by Gasteiger charge is 2.14. The molecule has 2 N–H and O–H groups in total. The van der Waals surface area contributed by atoms with Crippen molar-refractivity contribution in [2.75, 3.05) is 19.5 Å². The number of nitrogens with one attached hydrogen (secondary N) is 2. The van der Waals surface area contributed by atoms with Crippen LogP contribution < -0.4 is 25.1 Å². The first-order valence-corrected chi connectivity index (χ1v) is 12.0. The van der Waals surface area contributed by atoms with Crippen molar-refractivity contribution in [3.63, 3.8) is 0 Å². The zero-order chi connectivity index (χ0) is 26.6. The summed E-state index contributed by atoms with van der Waals surface area (Å²) in [7, 11) is 3.06. The molecule has 4 aromatic carbocycles. The summed E-state index contributed by atoms with van der Waals surface area (Å²) in [5.41, 5.74) is 1.63. The smallest absolute Gasteiger partial charge is 0.266 e. The number of aromatic nitrogens is 2. The van der Waals surface area contributed by atoms with Crippen LogP contribution in [0.5, 0.6) is 23.0 Å². The highest BCUT2D eigenvalue weighted by Crippen LogP contribution is 2.29. The van der Waals surface area contributed by atoms with E-state index in [1.807, 2.05) is 30.3 Å². The van der Waals surface area contributed by atoms with E-state index in [0.29, 0.717) is 45.1 Å². The number of anilines is 1. The topological polar surface area (TPSA) is 94.6 Å². The van der Waals surface area contributed by atoms with Crippen molar-refractivity contribution >= 4 is 34.7 Å². The van der Waals surface area contributed by atoms with Crippen molar-refractivity contribution in [1.29, 1.82) is 0 Å². The van der Waals surface area contributed by atoms with Gasteiger partial charge in [0.1, 0.15) is 11.5 Å². The molecule has 0 aliphatic heterocycles. The Morgan fingerprint density at radius 1 is 0.842 bits per heavy atom. The SMILES string of the molecule is COc1ccc(-n2c(=S)[nH]c3cc(C(=O)Nc4ccc(Oc5ccccc5)cc4)ccc3c2=O)cc1OC. The number of carbonyl (C=O) groups excluding carboxylic acids is 1. The van der Waals surface area contributed by atoms with Crippen LogP contribution in [0.1, 0.15) is 10.4 Å². The van der Waals surface area contributed by atoms with E-state index in [0.717, 1.165) is 5.75 Å². The van der Waals surface area contributed by atoms with Gasteiger partial charge in [0.15, 0.2) is 16.3 Å². The predicted octanol–water partition coefficient (Wildman–Crippen LogP) is 6.11. The summed E-state index contributed by atoms with van der Waals surface area (Å²) >= 11 is 5.49. The lowest BCUT2D eigenvalue weighted by Gasteiger charge is -2.12. The molecule has 0 aliphatic rings. The fourth-order valence-corrected chi connectivity index (χ4v) is 4.29. The second-order valence-corrected chi connectivity index (χ2v) is 8.65. The van der Waals surface area contributed by atoms with Crippen LogP contribution in [0.25, 0.3) is 16.6 Å². The minimum atomic E-state index is -0.327. The normalized spacial score (nSPS) is 10.7. The quantitative estimate of drug-likeness (QED) is 0.249. The zero-order valence-electron chi connectivity index (χ0n) is 20.6. The first kappa shape index (κ1) is 24.8. The number of para-hydroxylation sites is 1. The predicted molar refractivity (Wildman–Crippen MR) is 149 cm³/mol. The van der Waals surface area contributed by atoms with Crippen LogP contribution in [0, 0.1) is 4.77 Å². The Kier molecular flexibility index (Phi) is 6.92. The number of carbonyl (C=O) groups is 1. The minimum Gasteiger partial charge on any atom is -0.493 e. The molecule has 1 heterocycles. The second kappa shape index (κ2) is 10.6. The van der Waals surface area contributed by atoms with Gasteiger partial charge in [-0.2, -0.15) is 0 Å². The molecule has 1 amide bonds. The van der Waals surface area contributed by atoms with E-state index < -0.39 is 0 Å². The average Bonchev–Trinajstić information content (AvgIpc) is 2.94. The van der Waals surface area contributed by atoms with Crippen LogP contribution in [0.15, 0.2) is 95.8 Å². The molecule has 0 aliphatic carbocycles. The lowest BCUT2D eigenvalue weighted by molar-refractivity contribution is 0.102. The Bertz CT molecular complexity index is 1750. The molecule has 0 spiro atoms. The number of fused-ring (bicyclic) bond motifs is 1. The summed E-state index contributed by atoms with van der Waals surface area (Å²) in [5, 5.41) is 3.24. The number of hydrogen-bond acceptors (Lipinski definition) is 6. The number of aromatic amines is 1. The molecule has 5 rings (SSSR count). The van der Waals surface area contributed by atoms with Crippen LogP contribution in [-0.4, -0.2) is 29.7 Å². The number of H-pyrrole nitrogens is 1. The van der Waals surface area contributed by atoms with Gasteiger partial charge in [0, 0.05) is 17.3 Å². The van der Waals surface area contributed by atoms with Crippen molar-refractivity contribution < 1.29 is 19.0 Å². The fraction of sp³-hybridized carbons (Fsp3) is 0.0690. The van der Waals surface area contributed by atoms with E-state index in [9.17, 15) is 9.59 Å². The molecule has 5 aromatic rings. The third kappa shape index (κ3) is 5.00. The van der Waals surface area contributed by atoms with Crippen LogP contribution in [0.2, 0.25) is 0 Å². The molecule has 0 atom stereocenters. The maximum Gasteiger partial charge on any atom is 0.266 e. The van der Waals surface area contributed by atoms with Gasteiger partial charge in [-0.05, 0) is 78.9 Å². The van der Waals surface area contributed by atoms with Crippen molar-refractivity contribution in [2.45, 2.75) is 0 Å². The van der Waals surface area contributed by atoms with E-state index in [-0.39, 0.29) is 16.2 Å². The molecule has 0 radical (unpaired) electrons. The number of hydrogen-bond donors (Lipinski definition) is 2. The third-order valence-corrected chi connectivity index (χ3v) is 6.16. The van der Waals surface area contributed by atoms with Crippen LogP contribution >= 0.6 is 12.2 Å². The molecule has 0 unspecified atom stereocenters. The van der Waals surface area contributed by atoms with Gasteiger partial charge in [0.05, 0.1) is 30.8 Å². The fourth-order valence-electron chi connectivity index (χ4n) is 3.99. The molecular formula is C29H23N3O5S. The standard InChI is InChI=1S/C29H23N3O5S/c1-35-25-15-11-20(17-26(25)36-2)32-28(34)23-14-8-18(16-24(23)31-29(32)38)27(33)30-19-9-12-22(13-10-19)37-21-6-4-3-5-7-21/h3-17H,1-2H3,(H,30,33)(H,31,38). The van der Waals surface area contributed by atoms with Crippen molar-refractivity contribution in [3.05, 3.63) is 112 Å². The Labute approximate surface area is 223 Å². The van der Waals surface area contributed by atoms with E-state index in [1.54, 1.807) is 60.7 Å². The second-order valence-electron chi connectivity index (χ2n) is 8.26. The molecular weight excluding hydrogens is 502 g/mol. The van der Waals surface area contributed by atoms with Gasteiger partial charge >= 0.3 is 0 Å². The summed E-state index contributed by atoms with van der Waals surface area (Å²) in [4.78, 5) is 29.3. The van der Waals surface area contributed by atoms with Crippen LogP contribution in [-0.2, 0) is 0 Å². The third-order valence-electron chi connectivity index (χ3n) is 5.88. The molecule has 9 heteroatoms. The van der Waals surface area contributed by atoms with Crippen LogP contribution in [0.4, 0.5) is 5.69 Å². The Balaban J connectivity index is 1.39. The van der Waals surface area contributed by atoms with Gasteiger partial charge < -0.3 is 24.5 Å². The average molecular weight is 526 g/mol. The Morgan fingerprint density at radius 3 is 2.26 bits per heavy atom. The highest BCUT2D eigenvalue weighted by molar-refractivity contribution is 7.71. The molecule has 1 aromatic heterocycles. The number of methoxy groups -OCH3 is 2. The van der Waals surface area contributed by atoms with Gasteiger partial charge in [0.2, 0.25) is 0 Å². The number of rotatable bonds is 7. The molecule has 38 heavy (non-hydrogen) atoms. The number of ether oxygens (including phenoxy) is 3. The summed E-state index contributed by atoms with van der Waals surface area (Å²) in [6.07, 6.45) is 0. The lowest BCUT2D eigenvalue weighted by Crippen LogP contribution is -2.21.